The summed E-state index contributed by atoms with van der Waals surface area (Å²) in [5.74, 6) is 0.0295. The molecular weight excluding hydrogens is 376 g/mol. The van der Waals surface area contributed by atoms with Crippen molar-refractivity contribution in [2.75, 3.05) is 39.9 Å². The van der Waals surface area contributed by atoms with Crippen molar-refractivity contribution in [3.8, 4) is 11.8 Å². The first kappa shape index (κ1) is 20.9. The van der Waals surface area contributed by atoms with Crippen molar-refractivity contribution >= 4 is 40.5 Å². The lowest BCUT2D eigenvalue weighted by molar-refractivity contribution is -0.895. The van der Waals surface area contributed by atoms with Crippen LogP contribution in [0, 0.1) is 0 Å². The number of carbonyl (C=O) groups is 1. The second kappa shape index (κ2) is 8.80. The molecule has 0 bridgehead atoms. The van der Waals surface area contributed by atoms with Crippen LogP contribution in [0.2, 0.25) is 0 Å². The standard InChI is InChI=1S/C11H18N6O6S2/c1-17(23-4,24-5)7-12-25(19,20)16-11(18)15-10-13-8(21-2)6-9(14-10)22-3/h6-7H,1-5H3,(H-,13,14,15,16,18)/p+1. The normalized spacial score (nSPS) is 14.0. The van der Waals surface area contributed by atoms with Crippen LogP contribution in [0.5, 0.6) is 11.8 Å². The van der Waals surface area contributed by atoms with Crippen LogP contribution in [0.15, 0.2) is 10.5 Å². The van der Waals surface area contributed by atoms with Gasteiger partial charge in [0, 0.05) is 6.26 Å². The maximum Gasteiger partial charge on any atom is 0.350 e. The molecule has 1 rings (SSSR count). The van der Waals surface area contributed by atoms with Crippen LogP contribution >= 0.6 is 11.9 Å². The molecule has 12 nitrogen and oxygen atoms in total. The van der Waals surface area contributed by atoms with Crippen molar-refractivity contribution in [2.24, 2.45) is 4.40 Å². The summed E-state index contributed by atoms with van der Waals surface area (Å²) in [7, 11) is 1.35. The molecule has 1 atom stereocenters. The molecular formula is C11H19N6O6S2+. The number of hydroxylamine groups is 2. The Hall–Kier alpha value is -2.16. The van der Waals surface area contributed by atoms with Crippen LogP contribution in [0.1, 0.15) is 0 Å². The highest BCUT2D eigenvalue weighted by atomic mass is 32.2. The quantitative estimate of drug-likeness (QED) is 0.207. The first-order valence-electron chi connectivity index (χ1n) is 6.52. The Labute approximate surface area is 149 Å². The fraction of sp³-hybridized carbons (Fsp3) is 0.455. The minimum atomic E-state index is -4.31. The van der Waals surface area contributed by atoms with Gasteiger partial charge in [-0.3, -0.25) is 5.32 Å². The Balaban J connectivity index is 2.84. The topological polar surface area (TPSA) is 141 Å². The predicted molar refractivity (Wildman–Crippen MR) is 91.4 cm³/mol. The highest BCUT2D eigenvalue weighted by Crippen LogP contribution is 2.17. The lowest BCUT2D eigenvalue weighted by atomic mass is 10.6. The summed E-state index contributed by atoms with van der Waals surface area (Å²) in [6, 6.07) is 0.277. The number of nitrogens with zero attached hydrogens (tertiary/aromatic N) is 4. The molecule has 2 N–H and O–H groups in total. The average molecular weight is 395 g/mol. The summed E-state index contributed by atoms with van der Waals surface area (Å²) in [5.41, 5.74) is 0. The number of hydrogen-bond acceptors (Lipinski definition) is 9. The number of nitrogens with one attached hydrogen (secondary N) is 2. The molecule has 1 aromatic rings. The number of aromatic nitrogens is 2. The van der Waals surface area contributed by atoms with E-state index in [9.17, 15) is 13.2 Å². The van der Waals surface area contributed by atoms with E-state index in [-0.39, 0.29) is 21.8 Å². The summed E-state index contributed by atoms with van der Waals surface area (Å²) in [4.78, 5) is 24.5. The van der Waals surface area contributed by atoms with Crippen molar-refractivity contribution < 1.29 is 31.6 Å². The largest absolute Gasteiger partial charge is 0.481 e. The third-order valence-electron chi connectivity index (χ3n) is 2.67. The van der Waals surface area contributed by atoms with Crippen LogP contribution < -0.4 is 19.5 Å². The van der Waals surface area contributed by atoms with Crippen molar-refractivity contribution in [1.29, 1.82) is 0 Å². The molecule has 0 aliphatic heterocycles. The van der Waals surface area contributed by atoms with Gasteiger partial charge in [0.15, 0.2) is 0 Å². The molecule has 0 saturated heterocycles. The molecule has 140 valence electrons. The van der Waals surface area contributed by atoms with Crippen LogP contribution in [0.25, 0.3) is 0 Å². The van der Waals surface area contributed by atoms with Gasteiger partial charge in [0.05, 0.1) is 27.4 Å². The van der Waals surface area contributed by atoms with E-state index in [1.165, 1.54) is 39.3 Å². The number of carbonyl (C=O) groups excluding carboxylic acids is 1. The number of urea groups is 1. The van der Waals surface area contributed by atoms with Crippen molar-refractivity contribution in [1.82, 2.24) is 14.7 Å². The van der Waals surface area contributed by atoms with Crippen LogP contribution in [-0.4, -0.2) is 69.4 Å². The van der Waals surface area contributed by atoms with Crippen molar-refractivity contribution in [3.63, 3.8) is 0 Å². The predicted octanol–water partition coefficient (Wildman–Crippen LogP) is 0.174. The zero-order valence-electron chi connectivity index (χ0n) is 14.2. The molecule has 0 aliphatic rings. The van der Waals surface area contributed by atoms with Gasteiger partial charge >= 0.3 is 16.2 Å². The second-order valence-corrected chi connectivity index (χ2v) is 6.76. The molecule has 0 aromatic carbocycles. The van der Waals surface area contributed by atoms with Gasteiger partial charge in [-0.15, -0.1) is 0 Å². The average Bonchev–Trinajstić information content (AvgIpc) is 2.58. The SMILES string of the molecule is COc1cc(OC)nc(NC(=O)NS(=O)(=O)N=C[N+](C)(OC)SC)n1. The lowest BCUT2D eigenvalue weighted by Gasteiger charge is -2.18. The summed E-state index contributed by atoms with van der Waals surface area (Å²) >= 11 is 1.17. The van der Waals surface area contributed by atoms with E-state index < -0.39 is 16.2 Å². The fourth-order valence-corrected chi connectivity index (χ4v) is 2.25. The van der Waals surface area contributed by atoms with Gasteiger partial charge in [0.25, 0.3) is 0 Å². The Bertz CT molecular complexity index is 714. The number of methoxy groups -OCH3 is 2. The highest BCUT2D eigenvalue weighted by Gasteiger charge is 2.22. The molecule has 2 amide bonds. The molecule has 0 spiro atoms. The summed E-state index contributed by atoms with van der Waals surface area (Å²) < 4.78 is 38.2. The second-order valence-electron chi connectivity index (χ2n) is 4.30. The number of anilines is 1. The Morgan fingerprint density at radius 1 is 1.28 bits per heavy atom. The zero-order valence-corrected chi connectivity index (χ0v) is 15.8. The number of amides is 2. The molecule has 0 fully saturated rings. The van der Waals surface area contributed by atoms with Gasteiger partial charge < -0.3 is 9.47 Å². The number of quaternary nitrogens is 1. The third kappa shape index (κ3) is 6.69. The van der Waals surface area contributed by atoms with Gasteiger partial charge in [-0.1, -0.05) is 8.45 Å². The molecule has 25 heavy (non-hydrogen) atoms. The number of ether oxygens (including phenoxy) is 2. The zero-order chi connectivity index (χ0) is 19.1. The molecule has 1 heterocycles. The van der Waals surface area contributed by atoms with E-state index in [1.807, 2.05) is 0 Å². The molecule has 1 unspecified atom stereocenters. The van der Waals surface area contributed by atoms with Crippen LogP contribution in [-0.2, 0) is 15.0 Å². The van der Waals surface area contributed by atoms with Gasteiger partial charge in [0.1, 0.15) is 19.0 Å². The van der Waals surface area contributed by atoms with Crippen LogP contribution in [0.4, 0.5) is 10.7 Å². The Morgan fingerprint density at radius 3 is 2.28 bits per heavy atom. The fourth-order valence-electron chi connectivity index (χ4n) is 1.26. The maximum atomic E-state index is 11.8. The molecule has 0 radical (unpaired) electrons. The van der Waals surface area contributed by atoms with Gasteiger partial charge in [-0.25, -0.2) is 9.52 Å². The maximum absolute atomic E-state index is 11.8. The van der Waals surface area contributed by atoms with E-state index in [0.717, 1.165) is 6.34 Å². The first-order valence-corrected chi connectivity index (χ1v) is 9.14. The Morgan fingerprint density at radius 2 is 1.84 bits per heavy atom. The highest BCUT2D eigenvalue weighted by molar-refractivity contribution is 7.93. The number of rotatable bonds is 8. The van der Waals surface area contributed by atoms with Gasteiger partial charge in [0.2, 0.25) is 24.0 Å². The van der Waals surface area contributed by atoms with Crippen molar-refractivity contribution in [3.05, 3.63) is 6.07 Å². The first-order chi connectivity index (χ1) is 11.7. The minimum absolute atomic E-state index is 0.121. The van der Waals surface area contributed by atoms with E-state index in [1.54, 1.807) is 18.0 Å². The minimum Gasteiger partial charge on any atom is -0.481 e. The van der Waals surface area contributed by atoms with Gasteiger partial charge in [-0.05, 0) is 0 Å². The summed E-state index contributed by atoms with van der Waals surface area (Å²) in [6.45, 7) is 0. The van der Waals surface area contributed by atoms with E-state index in [2.05, 4.69) is 19.7 Å². The smallest absolute Gasteiger partial charge is 0.350 e. The Kier molecular flexibility index (Phi) is 7.35. The molecule has 0 aliphatic carbocycles. The van der Waals surface area contributed by atoms with Crippen molar-refractivity contribution in [2.45, 2.75) is 0 Å². The molecule has 0 saturated carbocycles. The van der Waals surface area contributed by atoms with E-state index in [4.69, 9.17) is 14.3 Å². The monoisotopic (exact) mass is 395 g/mol. The van der Waals surface area contributed by atoms with E-state index >= 15 is 0 Å². The number of hydrogen-bond donors (Lipinski definition) is 2. The summed E-state index contributed by atoms with van der Waals surface area (Å²) in [5, 5.41) is 2.15. The van der Waals surface area contributed by atoms with Crippen LogP contribution in [0.3, 0.4) is 0 Å². The van der Waals surface area contributed by atoms with Gasteiger partial charge in [-0.2, -0.15) is 23.2 Å². The lowest BCUT2D eigenvalue weighted by Crippen LogP contribution is -2.37. The molecule has 14 heteroatoms. The third-order valence-corrected chi connectivity index (χ3v) is 4.45. The molecule has 1 aromatic heterocycles. The summed E-state index contributed by atoms with van der Waals surface area (Å²) in [6.07, 6.45) is 2.70. The van der Waals surface area contributed by atoms with E-state index in [0.29, 0.717) is 0 Å².